The molecule has 22 heavy (non-hydrogen) atoms. The predicted molar refractivity (Wildman–Crippen MR) is 85.3 cm³/mol. The van der Waals surface area contributed by atoms with Crippen LogP contribution in [-0.2, 0) is 6.61 Å². The molecule has 0 radical (unpaired) electrons. The molecule has 0 heterocycles. The van der Waals surface area contributed by atoms with Gasteiger partial charge >= 0.3 is 0 Å². The molecule has 2 aromatic carbocycles. The maximum Gasteiger partial charge on any atom is 0.153 e. The second kappa shape index (κ2) is 7.78. The number of anilines is 1. The average Bonchev–Trinajstić information content (AvgIpc) is 2.52. The zero-order valence-corrected chi connectivity index (χ0v) is 13.0. The second-order valence-corrected chi connectivity index (χ2v) is 5.09. The van der Waals surface area contributed by atoms with E-state index in [-0.39, 0.29) is 18.0 Å². The summed E-state index contributed by atoms with van der Waals surface area (Å²) in [5.41, 5.74) is 0.977. The van der Waals surface area contributed by atoms with Gasteiger partial charge < -0.3 is 9.64 Å². The second-order valence-electron chi connectivity index (χ2n) is 5.09. The lowest BCUT2D eigenvalue weighted by molar-refractivity contribution is 0.302. The zero-order valence-electron chi connectivity index (χ0n) is 13.0. The molecule has 0 bridgehead atoms. The fourth-order valence-corrected chi connectivity index (χ4v) is 2.37. The molecule has 0 amide bonds. The SMILES string of the molecule is CCCN(CC)c1c(F)cc(OCc2ccccc2)cc1F. The molecule has 0 aliphatic carbocycles. The highest BCUT2D eigenvalue weighted by Gasteiger charge is 2.17. The van der Waals surface area contributed by atoms with Crippen molar-refractivity contribution >= 4 is 5.69 Å². The molecular formula is C18H21F2NO. The third-order valence-corrected chi connectivity index (χ3v) is 3.43. The van der Waals surface area contributed by atoms with Crippen LogP contribution in [0.2, 0.25) is 0 Å². The van der Waals surface area contributed by atoms with Gasteiger partial charge in [0.15, 0.2) is 11.6 Å². The Morgan fingerprint density at radius 1 is 1.00 bits per heavy atom. The fourth-order valence-electron chi connectivity index (χ4n) is 2.37. The molecule has 0 spiro atoms. The van der Waals surface area contributed by atoms with Crippen molar-refractivity contribution < 1.29 is 13.5 Å². The summed E-state index contributed by atoms with van der Waals surface area (Å²) in [6, 6.07) is 12.0. The summed E-state index contributed by atoms with van der Waals surface area (Å²) >= 11 is 0. The highest BCUT2D eigenvalue weighted by Crippen LogP contribution is 2.28. The third kappa shape index (κ3) is 3.97. The molecule has 2 nitrogen and oxygen atoms in total. The van der Waals surface area contributed by atoms with E-state index in [0.717, 1.165) is 12.0 Å². The van der Waals surface area contributed by atoms with Crippen LogP contribution in [-0.4, -0.2) is 13.1 Å². The van der Waals surface area contributed by atoms with Crippen molar-refractivity contribution in [3.05, 3.63) is 59.7 Å². The molecule has 0 aromatic heterocycles. The normalized spacial score (nSPS) is 10.5. The van der Waals surface area contributed by atoms with Crippen LogP contribution in [0.15, 0.2) is 42.5 Å². The van der Waals surface area contributed by atoms with E-state index in [1.165, 1.54) is 12.1 Å². The molecule has 0 unspecified atom stereocenters. The Morgan fingerprint density at radius 2 is 1.64 bits per heavy atom. The van der Waals surface area contributed by atoms with Crippen LogP contribution in [0.25, 0.3) is 0 Å². The summed E-state index contributed by atoms with van der Waals surface area (Å²) in [7, 11) is 0. The van der Waals surface area contributed by atoms with E-state index < -0.39 is 11.6 Å². The summed E-state index contributed by atoms with van der Waals surface area (Å²) in [4.78, 5) is 1.70. The van der Waals surface area contributed by atoms with Crippen LogP contribution < -0.4 is 9.64 Å². The van der Waals surface area contributed by atoms with E-state index in [1.807, 2.05) is 44.2 Å². The van der Waals surface area contributed by atoms with Crippen LogP contribution in [0.5, 0.6) is 5.75 Å². The van der Waals surface area contributed by atoms with Crippen molar-refractivity contribution in [3.63, 3.8) is 0 Å². The van der Waals surface area contributed by atoms with Crippen LogP contribution in [0.3, 0.4) is 0 Å². The molecule has 2 aromatic rings. The van der Waals surface area contributed by atoms with Gasteiger partial charge in [0, 0.05) is 25.2 Å². The first kappa shape index (κ1) is 16.3. The van der Waals surface area contributed by atoms with E-state index in [9.17, 15) is 8.78 Å². The summed E-state index contributed by atoms with van der Waals surface area (Å²) in [6.07, 6.45) is 0.832. The molecule has 0 N–H and O–H groups in total. The van der Waals surface area contributed by atoms with Gasteiger partial charge in [-0.1, -0.05) is 37.3 Å². The smallest absolute Gasteiger partial charge is 0.153 e. The molecule has 0 aliphatic rings. The first-order valence-electron chi connectivity index (χ1n) is 7.56. The number of hydrogen-bond donors (Lipinski definition) is 0. The Kier molecular flexibility index (Phi) is 5.75. The monoisotopic (exact) mass is 305 g/mol. The highest BCUT2D eigenvalue weighted by atomic mass is 19.1. The topological polar surface area (TPSA) is 12.5 Å². The van der Waals surface area contributed by atoms with E-state index >= 15 is 0 Å². The number of nitrogens with zero attached hydrogens (tertiary/aromatic N) is 1. The Balaban J connectivity index is 2.15. The maximum atomic E-state index is 14.2. The van der Waals surface area contributed by atoms with Gasteiger partial charge in [-0.2, -0.15) is 0 Å². The van der Waals surface area contributed by atoms with Crippen LogP contribution in [0.1, 0.15) is 25.8 Å². The largest absolute Gasteiger partial charge is 0.489 e. The Bertz CT molecular complexity index is 578. The van der Waals surface area contributed by atoms with Gasteiger partial charge in [-0.05, 0) is 18.9 Å². The van der Waals surface area contributed by atoms with Crippen LogP contribution in [0, 0.1) is 11.6 Å². The lowest BCUT2D eigenvalue weighted by atomic mass is 10.2. The minimum atomic E-state index is -0.585. The molecule has 0 aliphatic heterocycles. The number of hydrogen-bond acceptors (Lipinski definition) is 2. The number of rotatable bonds is 7. The van der Waals surface area contributed by atoms with Gasteiger partial charge in [-0.15, -0.1) is 0 Å². The summed E-state index contributed by atoms with van der Waals surface area (Å²) in [6.45, 7) is 5.33. The Hall–Kier alpha value is -2.10. The third-order valence-electron chi connectivity index (χ3n) is 3.43. The van der Waals surface area contributed by atoms with Crippen molar-refractivity contribution in [1.29, 1.82) is 0 Å². The highest BCUT2D eigenvalue weighted by molar-refractivity contribution is 5.52. The van der Waals surface area contributed by atoms with Crippen LogP contribution in [0.4, 0.5) is 14.5 Å². The Labute approximate surface area is 130 Å². The van der Waals surface area contributed by atoms with Gasteiger partial charge in [0.25, 0.3) is 0 Å². The Morgan fingerprint density at radius 3 is 2.18 bits per heavy atom. The molecule has 118 valence electrons. The van der Waals surface area contributed by atoms with Crippen molar-refractivity contribution in [2.45, 2.75) is 26.9 Å². The lowest BCUT2D eigenvalue weighted by Crippen LogP contribution is -2.25. The minimum Gasteiger partial charge on any atom is -0.489 e. The standard InChI is InChI=1S/C18H21F2NO/c1-3-10-21(4-2)18-16(19)11-15(12-17(18)20)22-13-14-8-6-5-7-9-14/h5-9,11-12H,3-4,10,13H2,1-2H3. The number of benzene rings is 2. The van der Waals surface area contributed by atoms with Crippen molar-refractivity contribution in [1.82, 2.24) is 0 Å². The van der Waals surface area contributed by atoms with Gasteiger partial charge in [-0.25, -0.2) is 8.78 Å². The number of ether oxygens (including phenoxy) is 1. The molecular weight excluding hydrogens is 284 g/mol. The lowest BCUT2D eigenvalue weighted by Gasteiger charge is -2.23. The molecule has 2 rings (SSSR count). The van der Waals surface area contributed by atoms with Crippen molar-refractivity contribution in [2.75, 3.05) is 18.0 Å². The summed E-state index contributed by atoms with van der Waals surface area (Å²) < 4.78 is 34.0. The molecule has 0 atom stereocenters. The molecule has 0 saturated carbocycles. The minimum absolute atomic E-state index is 0.0245. The summed E-state index contributed by atoms with van der Waals surface area (Å²) in [5.74, 6) is -0.966. The molecule has 0 fully saturated rings. The van der Waals surface area contributed by atoms with Gasteiger partial charge in [0.2, 0.25) is 0 Å². The first-order chi connectivity index (χ1) is 10.7. The van der Waals surface area contributed by atoms with Gasteiger partial charge in [0.1, 0.15) is 18.0 Å². The fraction of sp³-hybridized carbons (Fsp3) is 0.333. The van der Waals surface area contributed by atoms with E-state index in [2.05, 4.69) is 0 Å². The van der Waals surface area contributed by atoms with Crippen molar-refractivity contribution in [2.24, 2.45) is 0 Å². The van der Waals surface area contributed by atoms with E-state index in [1.54, 1.807) is 4.90 Å². The maximum absolute atomic E-state index is 14.2. The number of halogens is 2. The van der Waals surface area contributed by atoms with Gasteiger partial charge in [-0.3, -0.25) is 0 Å². The first-order valence-corrected chi connectivity index (χ1v) is 7.56. The van der Waals surface area contributed by atoms with E-state index in [4.69, 9.17) is 4.74 Å². The molecule has 0 saturated heterocycles. The van der Waals surface area contributed by atoms with Crippen molar-refractivity contribution in [3.8, 4) is 5.75 Å². The average molecular weight is 305 g/mol. The predicted octanol–water partition coefficient (Wildman–Crippen LogP) is 4.78. The van der Waals surface area contributed by atoms with E-state index in [0.29, 0.717) is 13.1 Å². The van der Waals surface area contributed by atoms with Gasteiger partial charge in [0.05, 0.1) is 0 Å². The molecule has 4 heteroatoms. The van der Waals surface area contributed by atoms with Crippen LogP contribution >= 0.6 is 0 Å². The quantitative estimate of drug-likeness (QED) is 0.730. The summed E-state index contributed by atoms with van der Waals surface area (Å²) in [5, 5.41) is 0. The zero-order chi connectivity index (χ0) is 15.9.